The lowest BCUT2D eigenvalue weighted by atomic mass is 10.2. The fourth-order valence-electron chi connectivity index (χ4n) is 1.63. The summed E-state index contributed by atoms with van der Waals surface area (Å²) in [6, 6.07) is 9.49. The molecule has 1 aromatic heterocycles. The second kappa shape index (κ2) is 6.81. The lowest BCUT2D eigenvalue weighted by Gasteiger charge is -2.09. The Balaban J connectivity index is 2.11. The molecule has 2 rings (SSSR count). The summed E-state index contributed by atoms with van der Waals surface area (Å²) < 4.78 is 1.38. The van der Waals surface area contributed by atoms with E-state index in [4.69, 9.17) is 12.3 Å². The SMILES string of the molecule is C#CCNC(=O)C(C)Sc1nnc(-c2ccccc2)n1N. The lowest BCUT2D eigenvalue weighted by molar-refractivity contribution is -0.120. The van der Waals surface area contributed by atoms with Crippen LogP contribution in [0.15, 0.2) is 35.5 Å². The van der Waals surface area contributed by atoms with Crippen LogP contribution in [0.5, 0.6) is 0 Å². The van der Waals surface area contributed by atoms with Gasteiger partial charge in [-0.2, -0.15) is 0 Å². The molecule has 21 heavy (non-hydrogen) atoms. The second-order valence-corrected chi connectivity index (χ2v) is 5.53. The minimum Gasteiger partial charge on any atom is -0.344 e. The molecule has 7 heteroatoms. The van der Waals surface area contributed by atoms with Crippen LogP contribution in [0, 0.1) is 12.3 Å². The Bertz CT molecular complexity index is 662. The molecular weight excluding hydrogens is 286 g/mol. The zero-order valence-corrected chi connectivity index (χ0v) is 12.3. The van der Waals surface area contributed by atoms with E-state index in [0.717, 1.165) is 5.56 Å². The summed E-state index contributed by atoms with van der Waals surface area (Å²) in [5.74, 6) is 8.73. The maximum absolute atomic E-state index is 11.8. The molecule has 0 aliphatic carbocycles. The van der Waals surface area contributed by atoms with E-state index < -0.39 is 0 Å². The number of hydrogen-bond acceptors (Lipinski definition) is 5. The molecule has 6 nitrogen and oxygen atoms in total. The van der Waals surface area contributed by atoms with E-state index in [-0.39, 0.29) is 17.7 Å². The van der Waals surface area contributed by atoms with Crippen LogP contribution >= 0.6 is 11.8 Å². The molecule has 0 saturated heterocycles. The van der Waals surface area contributed by atoms with Crippen LogP contribution in [0.4, 0.5) is 0 Å². The van der Waals surface area contributed by atoms with Gasteiger partial charge in [0, 0.05) is 5.56 Å². The third-order valence-electron chi connectivity index (χ3n) is 2.71. The van der Waals surface area contributed by atoms with E-state index in [0.29, 0.717) is 11.0 Å². The summed E-state index contributed by atoms with van der Waals surface area (Å²) in [5.41, 5.74) is 0.865. The van der Waals surface area contributed by atoms with Crippen molar-refractivity contribution in [1.82, 2.24) is 20.2 Å². The van der Waals surface area contributed by atoms with Crippen molar-refractivity contribution in [1.29, 1.82) is 0 Å². The Morgan fingerprint density at radius 1 is 1.48 bits per heavy atom. The number of benzene rings is 1. The predicted octanol–water partition coefficient (Wildman–Crippen LogP) is 0.889. The lowest BCUT2D eigenvalue weighted by Crippen LogP contribution is -2.31. The first-order valence-corrected chi connectivity index (χ1v) is 7.15. The van der Waals surface area contributed by atoms with Crippen molar-refractivity contribution in [2.24, 2.45) is 0 Å². The van der Waals surface area contributed by atoms with Gasteiger partial charge in [0.1, 0.15) is 0 Å². The third kappa shape index (κ3) is 3.55. The van der Waals surface area contributed by atoms with Crippen molar-refractivity contribution in [2.45, 2.75) is 17.3 Å². The topological polar surface area (TPSA) is 85.8 Å². The van der Waals surface area contributed by atoms with E-state index in [1.807, 2.05) is 30.3 Å². The van der Waals surface area contributed by atoms with E-state index in [9.17, 15) is 4.79 Å². The monoisotopic (exact) mass is 301 g/mol. The molecule has 1 unspecified atom stereocenters. The Labute approximate surface area is 127 Å². The first-order valence-electron chi connectivity index (χ1n) is 6.27. The van der Waals surface area contributed by atoms with Crippen LogP contribution in [0.1, 0.15) is 6.92 Å². The van der Waals surface area contributed by atoms with Crippen molar-refractivity contribution in [3.05, 3.63) is 30.3 Å². The number of carbonyl (C=O) groups is 1. The molecule has 108 valence electrons. The van der Waals surface area contributed by atoms with Gasteiger partial charge in [-0.05, 0) is 6.92 Å². The van der Waals surface area contributed by atoms with Gasteiger partial charge in [-0.15, -0.1) is 16.6 Å². The van der Waals surface area contributed by atoms with Gasteiger partial charge in [-0.3, -0.25) is 4.79 Å². The highest BCUT2D eigenvalue weighted by Gasteiger charge is 2.19. The van der Waals surface area contributed by atoms with E-state index in [2.05, 4.69) is 21.4 Å². The molecule has 0 aliphatic rings. The van der Waals surface area contributed by atoms with Gasteiger partial charge in [0.05, 0.1) is 11.8 Å². The first kappa shape index (κ1) is 14.9. The molecule has 1 atom stereocenters. The van der Waals surface area contributed by atoms with Gasteiger partial charge in [-0.1, -0.05) is 48.0 Å². The molecule has 1 heterocycles. The average molecular weight is 301 g/mol. The summed E-state index contributed by atoms with van der Waals surface area (Å²) in [6.07, 6.45) is 5.10. The van der Waals surface area contributed by atoms with Gasteiger partial charge in [0.2, 0.25) is 11.1 Å². The average Bonchev–Trinajstić information content (AvgIpc) is 2.86. The van der Waals surface area contributed by atoms with Gasteiger partial charge in [0.15, 0.2) is 5.82 Å². The minimum absolute atomic E-state index is 0.165. The quantitative estimate of drug-likeness (QED) is 0.486. The van der Waals surface area contributed by atoms with Gasteiger partial charge in [-0.25, -0.2) is 4.68 Å². The third-order valence-corrected chi connectivity index (χ3v) is 3.77. The van der Waals surface area contributed by atoms with Crippen molar-refractivity contribution in [3.8, 4) is 23.7 Å². The van der Waals surface area contributed by atoms with Crippen LogP contribution in [-0.4, -0.2) is 32.6 Å². The summed E-state index contributed by atoms with van der Waals surface area (Å²) in [4.78, 5) is 11.8. The van der Waals surface area contributed by atoms with Crippen LogP contribution in [0.25, 0.3) is 11.4 Å². The number of aromatic nitrogens is 3. The molecular formula is C14H15N5OS. The highest BCUT2D eigenvalue weighted by Crippen LogP contribution is 2.24. The van der Waals surface area contributed by atoms with Crippen molar-refractivity contribution in [2.75, 3.05) is 12.4 Å². The Morgan fingerprint density at radius 3 is 2.86 bits per heavy atom. The molecule has 0 saturated carbocycles. The number of nitrogens with two attached hydrogens (primary N) is 1. The summed E-state index contributed by atoms with van der Waals surface area (Å²) in [5, 5.41) is 10.8. The van der Waals surface area contributed by atoms with E-state index >= 15 is 0 Å². The maximum atomic E-state index is 11.8. The van der Waals surface area contributed by atoms with Crippen LogP contribution in [-0.2, 0) is 4.79 Å². The largest absolute Gasteiger partial charge is 0.344 e. The molecule has 1 amide bonds. The number of nitrogen functional groups attached to an aromatic ring is 1. The normalized spacial score (nSPS) is 11.6. The smallest absolute Gasteiger partial charge is 0.234 e. The van der Waals surface area contributed by atoms with Gasteiger partial charge < -0.3 is 11.2 Å². The zero-order chi connectivity index (χ0) is 15.2. The van der Waals surface area contributed by atoms with Crippen LogP contribution in [0.3, 0.4) is 0 Å². The maximum Gasteiger partial charge on any atom is 0.234 e. The fraction of sp³-hybridized carbons (Fsp3) is 0.214. The Kier molecular flexibility index (Phi) is 4.85. The van der Waals surface area contributed by atoms with Gasteiger partial charge >= 0.3 is 0 Å². The molecule has 1 aromatic carbocycles. The molecule has 0 aliphatic heterocycles. The standard InChI is InChI=1S/C14H15N5OS/c1-3-9-16-13(20)10(2)21-14-18-17-12(19(14)15)11-7-5-4-6-8-11/h1,4-8,10H,9,15H2,2H3,(H,16,20). The van der Waals surface area contributed by atoms with E-state index in [1.165, 1.54) is 16.4 Å². The Morgan fingerprint density at radius 2 is 2.19 bits per heavy atom. The molecule has 0 spiro atoms. The number of thioether (sulfide) groups is 1. The highest BCUT2D eigenvalue weighted by molar-refractivity contribution is 8.00. The number of hydrogen-bond donors (Lipinski definition) is 2. The number of amides is 1. The first-order chi connectivity index (χ1) is 10.1. The van der Waals surface area contributed by atoms with Crippen LogP contribution < -0.4 is 11.2 Å². The highest BCUT2D eigenvalue weighted by atomic mass is 32.2. The molecule has 0 fully saturated rings. The van der Waals surface area contributed by atoms with Crippen LogP contribution in [0.2, 0.25) is 0 Å². The number of nitrogens with zero attached hydrogens (tertiary/aromatic N) is 3. The number of nitrogens with one attached hydrogen (secondary N) is 1. The number of carbonyl (C=O) groups excluding carboxylic acids is 1. The molecule has 3 N–H and O–H groups in total. The van der Waals surface area contributed by atoms with Crippen molar-refractivity contribution >= 4 is 17.7 Å². The Hall–Kier alpha value is -2.46. The summed E-state index contributed by atoms with van der Waals surface area (Å²) in [6.45, 7) is 1.96. The molecule has 2 aromatic rings. The summed E-state index contributed by atoms with van der Waals surface area (Å²) >= 11 is 1.23. The molecule has 0 bridgehead atoms. The fourth-order valence-corrected chi connectivity index (χ4v) is 2.43. The summed E-state index contributed by atoms with van der Waals surface area (Å²) in [7, 11) is 0. The predicted molar refractivity (Wildman–Crippen MR) is 82.8 cm³/mol. The van der Waals surface area contributed by atoms with E-state index in [1.54, 1.807) is 6.92 Å². The molecule has 0 radical (unpaired) electrons. The second-order valence-electron chi connectivity index (χ2n) is 4.22. The minimum atomic E-state index is -0.367. The van der Waals surface area contributed by atoms with Crippen molar-refractivity contribution < 1.29 is 4.79 Å². The zero-order valence-electron chi connectivity index (χ0n) is 11.5. The number of rotatable bonds is 5. The van der Waals surface area contributed by atoms with Gasteiger partial charge in [0.25, 0.3) is 0 Å². The van der Waals surface area contributed by atoms with Crippen molar-refractivity contribution in [3.63, 3.8) is 0 Å². The number of terminal acetylenes is 1.